The van der Waals surface area contributed by atoms with Crippen molar-refractivity contribution >= 4 is 11.7 Å². The average Bonchev–Trinajstić information content (AvgIpc) is 3.32. The monoisotopic (exact) mass is 365 g/mol. The summed E-state index contributed by atoms with van der Waals surface area (Å²) in [7, 11) is 0. The molecule has 136 valence electrons. The minimum absolute atomic E-state index is 0.154. The minimum Gasteiger partial charge on any atom is -0.346 e. The predicted octanol–water partition coefficient (Wildman–Crippen LogP) is 1.95. The molecule has 0 unspecified atom stereocenters. The van der Waals surface area contributed by atoms with Gasteiger partial charge in [-0.05, 0) is 43.3 Å². The molecule has 4 aromatic rings. The Hall–Kier alpha value is -3.62. The highest BCUT2D eigenvalue weighted by atomic mass is 19.1. The van der Waals surface area contributed by atoms with E-state index in [0.717, 1.165) is 0 Å². The summed E-state index contributed by atoms with van der Waals surface area (Å²) in [5.41, 5.74) is 1.49. The SMILES string of the molecule is C[C@@H](Cn1cccn1)NC(=O)c1cc(-c2ccc(F)cc2)nc2ncnn12. The summed E-state index contributed by atoms with van der Waals surface area (Å²) in [6.45, 7) is 2.43. The summed E-state index contributed by atoms with van der Waals surface area (Å²) in [5, 5.41) is 11.1. The molecule has 0 aliphatic heterocycles. The van der Waals surface area contributed by atoms with E-state index in [9.17, 15) is 9.18 Å². The van der Waals surface area contributed by atoms with E-state index in [0.29, 0.717) is 29.3 Å². The highest BCUT2D eigenvalue weighted by Crippen LogP contribution is 2.19. The van der Waals surface area contributed by atoms with Crippen molar-refractivity contribution in [2.75, 3.05) is 0 Å². The first-order chi connectivity index (χ1) is 13.1. The number of amides is 1. The summed E-state index contributed by atoms with van der Waals surface area (Å²) in [6, 6.07) is 9.18. The second kappa shape index (κ2) is 6.94. The molecule has 1 aromatic carbocycles. The zero-order valence-electron chi connectivity index (χ0n) is 14.5. The average molecular weight is 365 g/mol. The third-order valence-corrected chi connectivity index (χ3v) is 4.02. The van der Waals surface area contributed by atoms with Gasteiger partial charge in [-0.3, -0.25) is 9.48 Å². The van der Waals surface area contributed by atoms with E-state index in [4.69, 9.17) is 0 Å². The number of aromatic nitrogens is 6. The lowest BCUT2D eigenvalue weighted by Gasteiger charge is -2.15. The number of nitrogens with one attached hydrogen (secondary N) is 1. The Bertz CT molecular complexity index is 1070. The number of nitrogens with zero attached hydrogens (tertiary/aromatic N) is 6. The smallest absolute Gasteiger partial charge is 0.270 e. The maximum atomic E-state index is 13.2. The number of fused-ring (bicyclic) bond motifs is 1. The third kappa shape index (κ3) is 3.52. The van der Waals surface area contributed by atoms with Crippen LogP contribution in [0.4, 0.5) is 4.39 Å². The molecular formula is C18H16FN7O. The molecule has 0 saturated carbocycles. The van der Waals surface area contributed by atoms with Gasteiger partial charge in [0.05, 0.1) is 12.2 Å². The van der Waals surface area contributed by atoms with E-state index in [1.165, 1.54) is 23.0 Å². The largest absolute Gasteiger partial charge is 0.346 e. The number of carbonyl (C=O) groups excluding carboxylic acids is 1. The highest BCUT2D eigenvalue weighted by Gasteiger charge is 2.17. The summed E-state index contributed by atoms with van der Waals surface area (Å²) in [5.74, 6) is -0.356. The zero-order chi connectivity index (χ0) is 18.8. The van der Waals surface area contributed by atoms with Crippen LogP contribution in [0.2, 0.25) is 0 Å². The molecule has 0 saturated heterocycles. The van der Waals surface area contributed by atoms with Crippen molar-refractivity contribution in [2.45, 2.75) is 19.5 Å². The number of carbonyl (C=O) groups is 1. The molecular weight excluding hydrogens is 349 g/mol. The fraction of sp³-hybridized carbons (Fsp3) is 0.167. The maximum absolute atomic E-state index is 13.2. The van der Waals surface area contributed by atoms with Crippen molar-refractivity contribution in [3.8, 4) is 11.3 Å². The second-order valence-electron chi connectivity index (χ2n) is 6.11. The van der Waals surface area contributed by atoms with Crippen LogP contribution >= 0.6 is 0 Å². The minimum atomic E-state index is -0.340. The normalized spacial score (nSPS) is 12.2. The molecule has 0 aliphatic rings. The Labute approximate surface area is 153 Å². The molecule has 0 spiro atoms. The molecule has 9 heteroatoms. The van der Waals surface area contributed by atoms with Gasteiger partial charge in [0, 0.05) is 24.0 Å². The number of rotatable bonds is 5. The third-order valence-electron chi connectivity index (χ3n) is 4.02. The molecule has 0 aliphatic carbocycles. The van der Waals surface area contributed by atoms with Gasteiger partial charge in [0.2, 0.25) is 0 Å². The van der Waals surface area contributed by atoms with Crippen LogP contribution in [-0.4, -0.2) is 41.3 Å². The molecule has 1 atom stereocenters. The summed E-state index contributed by atoms with van der Waals surface area (Å²) in [4.78, 5) is 21.3. The van der Waals surface area contributed by atoms with E-state index in [2.05, 4.69) is 25.5 Å². The van der Waals surface area contributed by atoms with Gasteiger partial charge in [-0.2, -0.15) is 19.7 Å². The number of benzene rings is 1. The van der Waals surface area contributed by atoms with E-state index in [1.807, 2.05) is 19.2 Å². The molecule has 4 rings (SSSR count). The van der Waals surface area contributed by atoms with Crippen LogP contribution in [0.15, 0.2) is 55.1 Å². The molecule has 0 bridgehead atoms. The van der Waals surface area contributed by atoms with Gasteiger partial charge in [-0.25, -0.2) is 9.37 Å². The van der Waals surface area contributed by atoms with Crippen molar-refractivity contribution < 1.29 is 9.18 Å². The van der Waals surface area contributed by atoms with Crippen molar-refractivity contribution in [3.05, 3.63) is 66.6 Å². The molecule has 1 amide bonds. The molecule has 1 N–H and O–H groups in total. The van der Waals surface area contributed by atoms with Crippen molar-refractivity contribution in [1.29, 1.82) is 0 Å². The van der Waals surface area contributed by atoms with E-state index < -0.39 is 0 Å². The molecule has 3 heterocycles. The Morgan fingerprint density at radius 2 is 2.07 bits per heavy atom. The van der Waals surface area contributed by atoms with Gasteiger partial charge < -0.3 is 5.32 Å². The lowest BCUT2D eigenvalue weighted by atomic mass is 10.1. The number of halogens is 1. The first-order valence-electron chi connectivity index (χ1n) is 8.35. The van der Waals surface area contributed by atoms with Crippen LogP contribution < -0.4 is 5.32 Å². The summed E-state index contributed by atoms with van der Waals surface area (Å²) < 4.78 is 16.3. The first-order valence-corrected chi connectivity index (χ1v) is 8.35. The van der Waals surface area contributed by atoms with Crippen molar-refractivity contribution in [2.24, 2.45) is 0 Å². The van der Waals surface area contributed by atoms with Crippen LogP contribution in [-0.2, 0) is 6.54 Å². The van der Waals surface area contributed by atoms with Gasteiger partial charge in [-0.1, -0.05) is 0 Å². The van der Waals surface area contributed by atoms with Gasteiger partial charge in [0.1, 0.15) is 17.8 Å². The fourth-order valence-corrected chi connectivity index (χ4v) is 2.77. The molecule has 27 heavy (non-hydrogen) atoms. The zero-order valence-corrected chi connectivity index (χ0v) is 14.5. The number of hydrogen-bond donors (Lipinski definition) is 1. The van der Waals surface area contributed by atoms with Gasteiger partial charge in [0.15, 0.2) is 0 Å². The lowest BCUT2D eigenvalue weighted by Crippen LogP contribution is -2.36. The Balaban J connectivity index is 1.64. The van der Waals surface area contributed by atoms with Crippen molar-refractivity contribution in [1.82, 2.24) is 34.7 Å². The lowest BCUT2D eigenvalue weighted by molar-refractivity contribution is 0.0928. The van der Waals surface area contributed by atoms with E-state index in [-0.39, 0.29) is 17.8 Å². The molecule has 0 fully saturated rings. The Morgan fingerprint density at radius 3 is 2.81 bits per heavy atom. The van der Waals surface area contributed by atoms with Crippen LogP contribution in [0, 0.1) is 5.82 Å². The quantitative estimate of drug-likeness (QED) is 0.584. The van der Waals surface area contributed by atoms with Crippen LogP contribution in [0.25, 0.3) is 17.0 Å². The van der Waals surface area contributed by atoms with Gasteiger partial charge >= 0.3 is 0 Å². The van der Waals surface area contributed by atoms with Gasteiger partial charge in [-0.15, -0.1) is 0 Å². The molecule has 0 radical (unpaired) electrons. The Kier molecular flexibility index (Phi) is 4.33. The van der Waals surface area contributed by atoms with Crippen LogP contribution in [0.3, 0.4) is 0 Å². The van der Waals surface area contributed by atoms with Gasteiger partial charge in [0.25, 0.3) is 11.7 Å². The second-order valence-corrected chi connectivity index (χ2v) is 6.11. The Morgan fingerprint density at radius 1 is 1.26 bits per heavy atom. The topological polar surface area (TPSA) is 90.0 Å². The molecule has 8 nitrogen and oxygen atoms in total. The first kappa shape index (κ1) is 16.8. The highest BCUT2D eigenvalue weighted by molar-refractivity contribution is 5.94. The van der Waals surface area contributed by atoms with Crippen LogP contribution in [0.1, 0.15) is 17.4 Å². The predicted molar refractivity (Wildman–Crippen MR) is 95.3 cm³/mol. The van der Waals surface area contributed by atoms with Crippen molar-refractivity contribution in [3.63, 3.8) is 0 Å². The van der Waals surface area contributed by atoms with Crippen LogP contribution in [0.5, 0.6) is 0 Å². The summed E-state index contributed by atoms with van der Waals surface area (Å²) in [6.07, 6.45) is 4.85. The number of hydrogen-bond acceptors (Lipinski definition) is 5. The maximum Gasteiger partial charge on any atom is 0.270 e. The van der Waals surface area contributed by atoms with E-state index >= 15 is 0 Å². The summed E-state index contributed by atoms with van der Waals surface area (Å²) >= 11 is 0. The molecule has 3 aromatic heterocycles. The van der Waals surface area contributed by atoms with E-state index in [1.54, 1.807) is 29.1 Å². The standard InChI is InChI=1S/C18H16FN7O/c1-12(10-25-8-2-7-21-25)23-17(27)16-9-15(13-3-5-14(19)6-4-13)24-18-20-11-22-26(16)18/h2-9,11-12H,10H2,1H3,(H,23,27)/t12-/m0/s1. The fourth-order valence-electron chi connectivity index (χ4n) is 2.77.